The van der Waals surface area contributed by atoms with E-state index >= 15 is 0 Å². The Morgan fingerprint density at radius 3 is 2.73 bits per heavy atom. The number of hydrogen-bond acceptors (Lipinski definition) is 3. The first-order valence-corrected chi connectivity index (χ1v) is 5.08. The van der Waals surface area contributed by atoms with Crippen LogP contribution in [-0.4, -0.2) is 34.2 Å². The van der Waals surface area contributed by atoms with Crippen LogP contribution in [0.4, 0.5) is 4.39 Å². The monoisotopic (exact) mass is 212 g/mol. The average molecular weight is 212 g/mol. The molecule has 0 atom stereocenters. The molecule has 0 aliphatic carbocycles. The second-order valence-corrected chi connectivity index (χ2v) is 3.80. The van der Waals surface area contributed by atoms with Crippen LogP contribution >= 0.6 is 0 Å². The molecule has 0 saturated carbocycles. The lowest BCUT2D eigenvalue weighted by Crippen LogP contribution is -2.32. The average Bonchev–Trinajstić information content (AvgIpc) is 2.17. The Morgan fingerprint density at radius 1 is 1.47 bits per heavy atom. The Morgan fingerprint density at radius 2 is 2.20 bits per heavy atom. The molecular weight excluding hydrogens is 195 g/mol. The van der Waals surface area contributed by atoms with Gasteiger partial charge < -0.3 is 5.11 Å². The van der Waals surface area contributed by atoms with E-state index in [9.17, 15) is 4.39 Å². The zero-order valence-electron chi connectivity index (χ0n) is 9.15. The highest BCUT2D eigenvalue weighted by molar-refractivity contribution is 5.10. The largest absolute Gasteiger partial charge is 0.395 e. The standard InChI is InChI=1S/C11H17FN2O/c1-9(2)14(3-4-15)8-10-5-11(12)7-13-6-10/h5-7,9,15H,3-4,8H2,1-2H3. The Balaban J connectivity index is 2.65. The van der Waals surface area contributed by atoms with Gasteiger partial charge >= 0.3 is 0 Å². The molecule has 0 bridgehead atoms. The predicted molar refractivity (Wildman–Crippen MR) is 56.8 cm³/mol. The number of aromatic nitrogens is 1. The molecule has 0 fully saturated rings. The topological polar surface area (TPSA) is 36.4 Å². The van der Waals surface area contributed by atoms with E-state index in [1.807, 2.05) is 13.8 Å². The van der Waals surface area contributed by atoms with Crippen LogP contribution in [0.1, 0.15) is 19.4 Å². The van der Waals surface area contributed by atoms with Crippen molar-refractivity contribution in [2.45, 2.75) is 26.4 Å². The number of aliphatic hydroxyl groups excluding tert-OH is 1. The Bertz CT molecular complexity index is 304. The van der Waals surface area contributed by atoms with Crippen LogP contribution in [0.2, 0.25) is 0 Å². The lowest BCUT2D eigenvalue weighted by molar-refractivity contribution is 0.159. The van der Waals surface area contributed by atoms with E-state index in [0.29, 0.717) is 19.1 Å². The maximum Gasteiger partial charge on any atom is 0.141 e. The first-order valence-electron chi connectivity index (χ1n) is 5.08. The lowest BCUT2D eigenvalue weighted by atomic mass is 10.2. The van der Waals surface area contributed by atoms with Gasteiger partial charge in [0.2, 0.25) is 0 Å². The molecule has 1 aromatic rings. The van der Waals surface area contributed by atoms with Crippen LogP contribution in [-0.2, 0) is 6.54 Å². The first kappa shape index (κ1) is 12.1. The third-order valence-electron chi connectivity index (χ3n) is 2.26. The third kappa shape index (κ3) is 3.93. The molecule has 0 radical (unpaired) electrons. The van der Waals surface area contributed by atoms with E-state index in [1.54, 1.807) is 6.20 Å². The molecule has 3 nitrogen and oxygen atoms in total. The predicted octanol–water partition coefficient (Wildman–Crippen LogP) is 1.42. The minimum Gasteiger partial charge on any atom is -0.395 e. The summed E-state index contributed by atoms with van der Waals surface area (Å²) in [4.78, 5) is 5.86. The van der Waals surface area contributed by atoms with E-state index in [4.69, 9.17) is 5.11 Å². The highest BCUT2D eigenvalue weighted by Gasteiger charge is 2.09. The summed E-state index contributed by atoms with van der Waals surface area (Å²) < 4.78 is 12.9. The fourth-order valence-corrected chi connectivity index (χ4v) is 1.43. The molecule has 1 aromatic heterocycles. The van der Waals surface area contributed by atoms with Gasteiger partial charge in [-0.25, -0.2) is 4.39 Å². The van der Waals surface area contributed by atoms with Gasteiger partial charge in [0.25, 0.3) is 0 Å². The zero-order valence-corrected chi connectivity index (χ0v) is 9.15. The number of nitrogens with zero attached hydrogens (tertiary/aromatic N) is 2. The summed E-state index contributed by atoms with van der Waals surface area (Å²) in [5, 5.41) is 8.89. The Labute approximate surface area is 89.6 Å². The number of pyridine rings is 1. The molecule has 0 saturated heterocycles. The first-order chi connectivity index (χ1) is 7.13. The molecule has 4 heteroatoms. The molecule has 0 amide bonds. The molecule has 0 spiro atoms. The lowest BCUT2D eigenvalue weighted by Gasteiger charge is -2.25. The van der Waals surface area contributed by atoms with Gasteiger partial charge in [0.15, 0.2) is 0 Å². The number of rotatable bonds is 5. The quantitative estimate of drug-likeness (QED) is 0.802. The second kappa shape index (κ2) is 5.78. The van der Waals surface area contributed by atoms with Crippen LogP contribution in [0.3, 0.4) is 0 Å². The van der Waals surface area contributed by atoms with Gasteiger partial charge in [-0.1, -0.05) is 0 Å². The molecule has 1 N–H and O–H groups in total. The minimum atomic E-state index is -0.319. The fourth-order valence-electron chi connectivity index (χ4n) is 1.43. The van der Waals surface area contributed by atoms with Crippen LogP contribution in [0.15, 0.2) is 18.5 Å². The SMILES string of the molecule is CC(C)N(CCO)Cc1cncc(F)c1. The fraction of sp³-hybridized carbons (Fsp3) is 0.545. The third-order valence-corrected chi connectivity index (χ3v) is 2.26. The van der Waals surface area contributed by atoms with Crippen molar-refractivity contribution in [3.8, 4) is 0 Å². The summed E-state index contributed by atoms with van der Waals surface area (Å²) in [6.45, 7) is 5.41. The number of aliphatic hydroxyl groups is 1. The van der Waals surface area contributed by atoms with Crippen molar-refractivity contribution in [2.75, 3.05) is 13.2 Å². The van der Waals surface area contributed by atoms with Crippen LogP contribution in [0.25, 0.3) is 0 Å². The zero-order chi connectivity index (χ0) is 11.3. The Hall–Kier alpha value is -1.00. The van der Waals surface area contributed by atoms with Gasteiger partial charge in [0.05, 0.1) is 12.8 Å². The van der Waals surface area contributed by atoms with Gasteiger partial charge in [-0.15, -0.1) is 0 Å². The minimum absolute atomic E-state index is 0.112. The molecule has 0 aliphatic rings. The second-order valence-electron chi connectivity index (χ2n) is 3.80. The highest BCUT2D eigenvalue weighted by Crippen LogP contribution is 2.08. The van der Waals surface area contributed by atoms with E-state index in [2.05, 4.69) is 9.88 Å². The van der Waals surface area contributed by atoms with E-state index in [0.717, 1.165) is 5.56 Å². The van der Waals surface area contributed by atoms with E-state index in [-0.39, 0.29) is 12.4 Å². The van der Waals surface area contributed by atoms with Crippen LogP contribution in [0.5, 0.6) is 0 Å². The molecule has 1 heterocycles. The number of halogens is 1. The van der Waals surface area contributed by atoms with Crippen molar-refractivity contribution < 1.29 is 9.50 Å². The molecule has 15 heavy (non-hydrogen) atoms. The molecular formula is C11H17FN2O. The summed E-state index contributed by atoms with van der Waals surface area (Å²) in [5.41, 5.74) is 0.831. The molecule has 0 aromatic carbocycles. The molecule has 1 rings (SSSR count). The van der Waals surface area contributed by atoms with Crippen molar-refractivity contribution in [3.63, 3.8) is 0 Å². The Kier molecular flexibility index (Phi) is 4.65. The van der Waals surface area contributed by atoms with Crippen molar-refractivity contribution in [1.82, 2.24) is 9.88 Å². The van der Waals surface area contributed by atoms with Gasteiger partial charge in [-0.2, -0.15) is 0 Å². The van der Waals surface area contributed by atoms with Crippen molar-refractivity contribution in [2.24, 2.45) is 0 Å². The van der Waals surface area contributed by atoms with Gasteiger partial charge in [-0.05, 0) is 25.5 Å². The summed E-state index contributed by atoms with van der Waals surface area (Å²) in [7, 11) is 0. The molecule has 0 aliphatic heterocycles. The summed E-state index contributed by atoms with van der Waals surface area (Å²) in [6.07, 6.45) is 2.84. The smallest absolute Gasteiger partial charge is 0.141 e. The van der Waals surface area contributed by atoms with Crippen molar-refractivity contribution in [1.29, 1.82) is 0 Å². The van der Waals surface area contributed by atoms with E-state index < -0.39 is 0 Å². The maximum atomic E-state index is 12.9. The molecule has 84 valence electrons. The van der Waals surface area contributed by atoms with Crippen molar-refractivity contribution >= 4 is 0 Å². The number of hydrogen-bond donors (Lipinski definition) is 1. The van der Waals surface area contributed by atoms with Crippen LogP contribution < -0.4 is 0 Å². The van der Waals surface area contributed by atoms with Crippen molar-refractivity contribution in [3.05, 3.63) is 29.8 Å². The summed E-state index contributed by atoms with van der Waals surface area (Å²) in [5.74, 6) is -0.319. The molecule has 0 unspecified atom stereocenters. The summed E-state index contributed by atoms with van der Waals surface area (Å²) in [6, 6.07) is 1.79. The van der Waals surface area contributed by atoms with Gasteiger partial charge in [0.1, 0.15) is 5.82 Å². The normalized spacial score (nSPS) is 11.3. The van der Waals surface area contributed by atoms with Crippen LogP contribution in [0, 0.1) is 5.82 Å². The maximum absolute atomic E-state index is 12.9. The van der Waals surface area contributed by atoms with E-state index in [1.165, 1.54) is 12.3 Å². The highest BCUT2D eigenvalue weighted by atomic mass is 19.1. The van der Waals surface area contributed by atoms with Gasteiger partial charge in [0, 0.05) is 25.3 Å². The van der Waals surface area contributed by atoms with Gasteiger partial charge in [-0.3, -0.25) is 9.88 Å². The summed E-state index contributed by atoms with van der Waals surface area (Å²) >= 11 is 0.